The number of rotatable bonds is 43. The van der Waals surface area contributed by atoms with Gasteiger partial charge in [-0.25, -0.2) is 0 Å². The Hall–Kier alpha value is -2.95. The molecule has 0 bridgehead atoms. The van der Waals surface area contributed by atoms with E-state index in [1.165, 1.54) is 103 Å². The molecule has 0 spiro atoms. The van der Waals surface area contributed by atoms with E-state index in [0.717, 1.165) is 89.9 Å². The van der Waals surface area contributed by atoms with Crippen LogP contribution in [0.3, 0.4) is 0 Å². The minimum atomic E-state index is -0.881. The molecule has 2 unspecified atom stereocenters. The lowest BCUT2D eigenvalue weighted by Crippen LogP contribution is -2.45. The predicted molar refractivity (Wildman–Crippen MR) is 262 cm³/mol. The molecule has 3 N–H and O–H groups in total. The van der Waals surface area contributed by atoms with Gasteiger partial charge in [-0.1, -0.05) is 220 Å². The number of allylic oxidation sites excluding steroid dienone is 17. The van der Waals surface area contributed by atoms with Crippen molar-refractivity contribution in [2.45, 2.75) is 225 Å². The lowest BCUT2D eigenvalue weighted by atomic mass is 10.1. The molecular formula is C55H93NO3. The van der Waals surface area contributed by atoms with Crippen LogP contribution >= 0.6 is 0 Å². The number of hydrogen-bond donors (Lipinski definition) is 3. The highest BCUT2D eigenvalue weighted by molar-refractivity contribution is 5.76. The molecule has 0 aliphatic heterocycles. The Bertz CT molecular complexity index is 1150. The summed E-state index contributed by atoms with van der Waals surface area (Å²) in [5.41, 5.74) is 0. The number of unbranched alkanes of at least 4 members (excludes halogenated alkanes) is 20. The molecule has 0 saturated heterocycles. The highest BCUT2D eigenvalue weighted by Gasteiger charge is 2.17. The predicted octanol–water partition coefficient (Wildman–Crippen LogP) is 16.0. The number of aliphatic hydroxyl groups is 2. The van der Waals surface area contributed by atoms with Crippen molar-refractivity contribution < 1.29 is 15.0 Å². The van der Waals surface area contributed by atoms with E-state index >= 15 is 0 Å². The molecule has 59 heavy (non-hydrogen) atoms. The zero-order chi connectivity index (χ0) is 42.8. The molecule has 0 heterocycles. The van der Waals surface area contributed by atoms with Crippen LogP contribution in [0.2, 0.25) is 0 Å². The summed E-state index contributed by atoms with van der Waals surface area (Å²) in [4.78, 5) is 12.4. The quantitative estimate of drug-likeness (QED) is 0.0424. The van der Waals surface area contributed by atoms with E-state index in [2.05, 4.69) is 116 Å². The average Bonchev–Trinajstić information content (AvgIpc) is 3.24. The smallest absolute Gasteiger partial charge is 0.220 e. The standard InChI is InChI=1S/C55H93NO3/c1-3-5-7-9-11-13-15-17-19-21-23-25-26-27-28-29-30-31-33-35-37-39-41-43-45-47-49-51-55(59)56-53(52-57)54(58)50-48-46-44-42-40-38-36-34-32-24-22-20-18-16-14-12-10-8-6-4-2/h5,7,11,13,17,19,23,25,27-28,30-32,34,40,42,48,50,53-54,57-58H,3-4,6,8-10,12,14-16,18,20-22,24,26,29,33,35-39,41,43-47,49,51-52H2,1-2H3,(H,56,59)/b7-5-,13-11-,19-17-,25-23-,28-27-,31-30-,34-32+,42-40+,50-48+. The van der Waals surface area contributed by atoms with Crippen molar-refractivity contribution in [2.75, 3.05) is 6.61 Å². The van der Waals surface area contributed by atoms with Crippen molar-refractivity contribution in [3.63, 3.8) is 0 Å². The number of nitrogens with one attached hydrogen (secondary N) is 1. The molecule has 1 amide bonds. The van der Waals surface area contributed by atoms with E-state index in [-0.39, 0.29) is 12.5 Å². The van der Waals surface area contributed by atoms with Crippen LogP contribution < -0.4 is 5.32 Å². The van der Waals surface area contributed by atoms with Gasteiger partial charge in [0.1, 0.15) is 0 Å². The Labute approximate surface area is 366 Å². The molecule has 4 heteroatoms. The fraction of sp³-hybridized carbons (Fsp3) is 0.655. The summed E-state index contributed by atoms with van der Waals surface area (Å²) in [6.45, 7) is 4.17. The van der Waals surface area contributed by atoms with Gasteiger partial charge in [0.05, 0.1) is 18.8 Å². The first kappa shape index (κ1) is 56.1. The Balaban J connectivity index is 3.68. The van der Waals surface area contributed by atoms with E-state index in [1.807, 2.05) is 6.08 Å². The number of carbonyl (C=O) groups is 1. The van der Waals surface area contributed by atoms with Gasteiger partial charge < -0.3 is 15.5 Å². The summed E-state index contributed by atoms with van der Waals surface area (Å²) in [5.74, 6) is -0.0913. The molecule has 0 radical (unpaired) electrons. The Morgan fingerprint density at radius 2 is 0.763 bits per heavy atom. The number of hydrogen-bond acceptors (Lipinski definition) is 3. The van der Waals surface area contributed by atoms with Crippen LogP contribution in [0.4, 0.5) is 0 Å². The third kappa shape index (κ3) is 46.0. The molecule has 0 aromatic rings. The lowest BCUT2D eigenvalue weighted by Gasteiger charge is -2.19. The first-order chi connectivity index (χ1) is 29.2. The van der Waals surface area contributed by atoms with Crippen molar-refractivity contribution in [1.82, 2.24) is 5.32 Å². The van der Waals surface area contributed by atoms with Gasteiger partial charge in [0, 0.05) is 6.42 Å². The summed E-state index contributed by atoms with van der Waals surface area (Å²) < 4.78 is 0. The minimum absolute atomic E-state index is 0.0913. The van der Waals surface area contributed by atoms with Crippen molar-refractivity contribution in [3.05, 3.63) is 109 Å². The Morgan fingerprint density at radius 1 is 0.424 bits per heavy atom. The second-order valence-electron chi connectivity index (χ2n) is 16.1. The fourth-order valence-electron chi connectivity index (χ4n) is 6.74. The van der Waals surface area contributed by atoms with Crippen LogP contribution in [0.15, 0.2) is 109 Å². The summed E-state index contributed by atoms with van der Waals surface area (Å²) in [6.07, 6.45) is 74.9. The fourth-order valence-corrected chi connectivity index (χ4v) is 6.74. The molecule has 336 valence electrons. The van der Waals surface area contributed by atoms with Gasteiger partial charge in [-0.15, -0.1) is 0 Å². The summed E-state index contributed by atoms with van der Waals surface area (Å²) >= 11 is 0. The van der Waals surface area contributed by atoms with Crippen LogP contribution in [0.5, 0.6) is 0 Å². The summed E-state index contributed by atoms with van der Waals surface area (Å²) in [6, 6.07) is -0.658. The second kappa shape index (κ2) is 49.4. The molecular weight excluding hydrogens is 723 g/mol. The molecule has 0 rings (SSSR count). The number of amides is 1. The first-order valence-corrected chi connectivity index (χ1v) is 24.6. The van der Waals surface area contributed by atoms with Gasteiger partial charge in [-0.2, -0.15) is 0 Å². The van der Waals surface area contributed by atoms with E-state index in [4.69, 9.17) is 0 Å². The molecule has 0 fully saturated rings. The van der Waals surface area contributed by atoms with E-state index in [0.29, 0.717) is 6.42 Å². The Morgan fingerprint density at radius 3 is 1.19 bits per heavy atom. The van der Waals surface area contributed by atoms with Crippen molar-refractivity contribution in [3.8, 4) is 0 Å². The van der Waals surface area contributed by atoms with E-state index < -0.39 is 12.1 Å². The zero-order valence-electron chi connectivity index (χ0n) is 38.5. The van der Waals surface area contributed by atoms with Gasteiger partial charge in [-0.05, 0) is 96.3 Å². The highest BCUT2D eigenvalue weighted by atomic mass is 16.3. The summed E-state index contributed by atoms with van der Waals surface area (Å²) in [5, 5.41) is 23.1. The molecule has 0 aromatic heterocycles. The first-order valence-electron chi connectivity index (χ1n) is 24.6. The zero-order valence-corrected chi connectivity index (χ0v) is 38.5. The van der Waals surface area contributed by atoms with Crippen LogP contribution in [-0.4, -0.2) is 34.9 Å². The van der Waals surface area contributed by atoms with Gasteiger partial charge in [0.15, 0.2) is 0 Å². The maximum absolute atomic E-state index is 12.4. The van der Waals surface area contributed by atoms with Crippen LogP contribution in [0.1, 0.15) is 213 Å². The van der Waals surface area contributed by atoms with Crippen molar-refractivity contribution in [2.24, 2.45) is 0 Å². The van der Waals surface area contributed by atoms with Crippen LogP contribution in [-0.2, 0) is 4.79 Å². The topological polar surface area (TPSA) is 69.6 Å². The number of aliphatic hydroxyl groups excluding tert-OH is 2. The molecule has 0 aromatic carbocycles. The van der Waals surface area contributed by atoms with Gasteiger partial charge in [0.25, 0.3) is 0 Å². The van der Waals surface area contributed by atoms with Gasteiger partial charge >= 0.3 is 0 Å². The second-order valence-corrected chi connectivity index (χ2v) is 16.1. The SMILES string of the molecule is CC/C=C\C/C=C\C/C=C\C/C=C\C/C=C\C/C=C\CCCCCCCCCCC(=O)NC(CO)C(O)/C=C/CC/C=C/CC/C=C/CCCCCCCCCCCC. The molecule has 2 atom stereocenters. The monoisotopic (exact) mass is 816 g/mol. The third-order valence-corrected chi connectivity index (χ3v) is 10.5. The van der Waals surface area contributed by atoms with E-state index in [9.17, 15) is 15.0 Å². The molecule has 4 nitrogen and oxygen atoms in total. The normalized spacial score (nSPS) is 13.9. The van der Waals surface area contributed by atoms with E-state index in [1.54, 1.807) is 6.08 Å². The minimum Gasteiger partial charge on any atom is -0.394 e. The highest BCUT2D eigenvalue weighted by Crippen LogP contribution is 2.13. The maximum atomic E-state index is 12.4. The number of carbonyl (C=O) groups excluding carboxylic acids is 1. The van der Waals surface area contributed by atoms with Crippen LogP contribution in [0.25, 0.3) is 0 Å². The average molecular weight is 816 g/mol. The Kier molecular flexibility index (Phi) is 46.9. The largest absolute Gasteiger partial charge is 0.394 e. The van der Waals surface area contributed by atoms with Gasteiger partial charge in [-0.3, -0.25) is 4.79 Å². The molecule has 0 saturated carbocycles. The van der Waals surface area contributed by atoms with Crippen molar-refractivity contribution >= 4 is 5.91 Å². The summed E-state index contributed by atoms with van der Waals surface area (Å²) in [7, 11) is 0. The van der Waals surface area contributed by atoms with Crippen molar-refractivity contribution in [1.29, 1.82) is 0 Å². The molecule has 0 aliphatic rings. The maximum Gasteiger partial charge on any atom is 0.220 e. The van der Waals surface area contributed by atoms with Crippen LogP contribution in [0, 0.1) is 0 Å². The third-order valence-electron chi connectivity index (χ3n) is 10.5. The van der Waals surface area contributed by atoms with Gasteiger partial charge in [0.2, 0.25) is 5.91 Å². The molecule has 0 aliphatic carbocycles. The lowest BCUT2D eigenvalue weighted by molar-refractivity contribution is -0.123.